The summed E-state index contributed by atoms with van der Waals surface area (Å²) in [6.45, 7) is 3.20. The molecule has 0 spiro atoms. The minimum absolute atomic E-state index is 0.483. The van der Waals surface area contributed by atoms with E-state index in [9.17, 15) is 4.39 Å². The lowest BCUT2D eigenvalue weighted by Gasteiger charge is -2.19. The van der Waals surface area contributed by atoms with Crippen molar-refractivity contribution in [3.63, 3.8) is 0 Å². The van der Waals surface area contributed by atoms with Gasteiger partial charge in [-0.05, 0) is 51.3 Å². The van der Waals surface area contributed by atoms with Crippen molar-refractivity contribution in [1.82, 2.24) is 4.98 Å². The third-order valence-electron chi connectivity index (χ3n) is 2.57. The van der Waals surface area contributed by atoms with Crippen LogP contribution in [0.1, 0.15) is 12.1 Å². The number of rotatable bonds is 1. The molecule has 0 aromatic carbocycles. The molecule has 2 rings (SSSR count). The molecule has 0 amide bonds. The summed E-state index contributed by atoms with van der Waals surface area (Å²) in [4.78, 5) is 6.39. The maximum absolute atomic E-state index is 13.1. The molecule has 1 aliphatic rings. The molecular weight excluding hydrogens is 327 g/mol. The van der Waals surface area contributed by atoms with Gasteiger partial charge in [-0.2, -0.15) is 0 Å². The normalized spacial score (nSPS) is 21.1. The molecule has 2 heterocycles. The van der Waals surface area contributed by atoms with Crippen molar-refractivity contribution in [3.8, 4) is 0 Å². The van der Waals surface area contributed by atoms with Crippen molar-refractivity contribution in [2.45, 2.75) is 19.5 Å². The van der Waals surface area contributed by atoms with Gasteiger partial charge in [-0.1, -0.05) is 0 Å². The third-order valence-corrected chi connectivity index (χ3v) is 4.31. The van der Waals surface area contributed by atoms with Crippen molar-refractivity contribution in [2.24, 2.45) is 0 Å². The molecule has 1 aliphatic heterocycles. The molecule has 1 fully saturated rings. The van der Waals surface area contributed by atoms with E-state index in [2.05, 4.69) is 36.8 Å². The minimum atomic E-state index is -0.702. The Morgan fingerprint density at radius 1 is 1.53 bits per heavy atom. The number of aromatic nitrogens is 1. The van der Waals surface area contributed by atoms with Crippen LogP contribution < -0.4 is 4.90 Å². The second-order valence-corrected chi connectivity index (χ2v) is 5.30. The van der Waals surface area contributed by atoms with Crippen molar-refractivity contribution < 1.29 is 4.39 Å². The summed E-state index contributed by atoms with van der Waals surface area (Å²) in [5, 5.41) is 0. The highest BCUT2D eigenvalue weighted by Crippen LogP contribution is 2.30. The molecular formula is C10H11Br2FN2. The van der Waals surface area contributed by atoms with Crippen LogP contribution in [-0.4, -0.2) is 24.2 Å². The lowest BCUT2D eigenvalue weighted by Crippen LogP contribution is -2.21. The van der Waals surface area contributed by atoms with Crippen LogP contribution in [0.15, 0.2) is 15.1 Å². The zero-order valence-electron chi connectivity index (χ0n) is 8.30. The van der Waals surface area contributed by atoms with Crippen LogP contribution in [0.2, 0.25) is 0 Å². The molecule has 1 aromatic rings. The number of pyridine rings is 1. The molecule has 5 heteroatoms. The Balaban J connectivity index is 2.32. The Hall–Kier alpha value is -0.160. The highest BCUT2D eigenvalue weighted by molar-refractivity contribution is 9.13. The SMILES string of the molecule is Cc1nc(Br)c(Br)cc1N1CC[C@H](F)C1. The molecule has 0 aliphatic carbocycles. The van der Waals surface area contributed by atoms with E-state index in [4.69, 9.17) is 0 Å². The van der Waals surface area contributed by atoms with Crippen LogP contribution in [0.3, 0.4) is 0 Å². The number of anilines is 1. The third kappa shape index (κ3) is 2.33. The molecule has 2 nitrogen and oxygen atoms in total. The summed E-state index contributed by atoms with van der Waals surface area (Å²) in [7, 11) is 0. The van der Waals surface area contributed by atoms with Crippen molar-refractivity contribution in [3.05, 3.63) is 20.8 Å². The van der Waals surface area contributed by atoms with Gasteiger partial charge in [-0.15, -0.1) is 0 Å². The molecule has 15 heavy (non-hydrogen) atoms. The smallest absolute Gasteiger partial charge is 0.120 e. The predicted octanol–water partition coefficient (Wildman–Crippen LogP) is 3.46. The average molecular weight is 338 g/mol. The van der Waals surface area contributed by atoms with Crippen LogP contribution in [0, 0.1) is 6.92 Å². The molecule has 0 bridgehead atoms. The predicted molar refractivity (Wildman–Crippen MR) is 66.1 cm³/mol. The van der Waals surface area contributed by atoms with E-state index in [0.717, 1.165) is 27.0 Å². The van der Waals surface area contributed by atoms with Gasteiger partial charge in [-0.25, -0.2) is 9.37 Å². The van der Waals surface area contributed by atoms with Gasteiger partial charge < -0.3 is 4.90 Å². The van der Waals surface area contributed by atoms with Gasteiger partial charge in [0.1, 0.15) is 10.8 Å². The number of alkyl halides is 1. The first-order chi connectivity index (χ1) is 7.08. The van der Waals surface area contributed by atoms with E-state index in [-0.39, 0.29) is 0 Å². The minimum Gasteiger partial charge on any atom is -0.367 e. The molecule has 1 atom stereocenters. The van der Waals surface area contributed by atoms with Gasteiger partial charge in [0.15, 0.2) is 0 Å². The van der Waals surface area contributed by atoms with Gasteiger partial charge in [0.05, 0.1) is 15.9 Å². The second kappa shape index (κ2) is 4.37. The summed E-state index contributed by atoms with van der Waals surface area (Å²) in [6, 6.07) is 1.99. The summed E-state index contributed by atoms with van der Waals surface area (Å²) < 4.78 is 14.8. The Morgan fingerprint density at radius 3 is 2.87 bits per heavy atom. The number of hydrogen-bond acceptors (Lipinski definition) is 2. The number of hydrogen-bond donors (Lipinski definition) is 0. The van der Waals surface area contributed by atoms with Crippen LogP contribution in [0.25, 0.3) is 0 Å². The largest absolute Gasteiger partial charge is 0.367 e. The average Bonchev–Trinajstić information content (AvgIpc) is 2.58. The maximum atomic E-state index is 13.1. The summed E-state index contributed by atoms with van der Waals surface area (Å²) in [5.41, 5.74) is 1.95. The summed E-state index contributed by atoms with van der Waals surface area (Å²) in [6.07, 6.45) is -0.0838. The van der Waals surface area contributed by atoms with E-state index in [1.54, 1.807) is 0 Å². The number of halogens is 3. The van der Waals surface area contributed by atoms with Crippen molar-refractivity contribution in [1.29, 1.82) is 0 Å². The number of nitrogens with zero attached hydrogens (tertiary/aromatic N) is 2. The monoisotopic (exact) mass is 336 g/mol. The highest BCUT2D eigenvalue weighted by Gasteiger charge is 2.23. The zero-order chi connectivity index (χ0) is 11.0. The van der Waals surface area contributed by atoms with Crippen LogP contribution >= 0.6 is 31.9 Å². The standard InChI is InChI=1S/C10H11Br2FN2/c1-6-9(4-8(11)10(12)14-6)15-3-2-7(13)5-15/h4,7H,2-3,5H2,1H3/t7-/m0/s1. The van der Waals surface area contributed by atoms with Gasteiger partial charge in [0.25, 0.3) is 0 Å². The van der Waals surface area contributed by atoms with Gasteiger partial charge in [-0.3, -0.25) is 0 Å². The topological polar surface area (TPSA) is 16.1 Å². The second-order valence-electron chi connectivity index (χ2n) is 3.70. The molecule has 82 valence electrons. The molecule has 0 radical (unpaired) electrons. The fourth-order valence-corrected chi connectivity index (χ4v) is 2.48. The van der Waals surface area contributed by atoms with Crippen molar-refractivity contribution in [2.75, 3.05) is 18.0 Å². The summed E-state index contributed by atoms with van der Waals surface area (Å²) >= 11 is 6.76. The lowest BCUT2D eigenvalue weighted by molar-refractivity contribution is 0.364. The molecule has 0 unspecified atom stereocenters. The Bertz CT molecular complexity index is 384. The quantitative estimate of drug-likeness (QED) is 0.729. The van der Waals surface area contributed by atoms with E-state index >= 15 is 0 Å². The molecule has 1 saturated heterocycles. The fourth-order valence-electron chi connectivity index (χ4n) is 1.80. The van der Waals surface area contributed by atoms with E-state index in [0.29, 0.717) is 13.0 Å². The highest BCUT2D eigenvalue weighted by atomic mass is 79.9. The van der Waals surface area contributed by atoms with E-state index < -0.39 is 6.17 Å². The van der Waals surface area contributed by atoms with Gasteiger partial charge in [0, 0.05) is 13.1 Å². The van der Waals surface area contributed by atoms with Crippen LogP contribution in [0.5, 0.6) is 0 Å². The molecule has 1 aromatic heterocycles. The Kier molecular flexibility index (Phi) is 3.30. The number of aryl methyl sites for hydroxylation is 1. The first kappa shape index (κ1) is 11.3. The van der Waals surface area contributed by atoms with Gasteiger partial charge in [0.2, 0.25) is 0 Å². The maximum Gasteiger partial charge on any atom is 0.120 e. The Labute approximate surface area is 105 Å². The van der Waals surface area contributed by atoms with Crippen molar-refractivity contribution >= 4 is 37.5 Å². The van der Waals surface area contributed by atoms with E-state index in [1.165, 1.54) is 0 Å². The lowest BCUT2D eigenvalue weighted by atomic mass is 10.3. The van der Waals surface area contributed by atoms with Crippen LogP contribution in [0.4, 0.5) is 10.1 Å². The van der Waals surface area contributed by atoms with E-state index in [1.807, 2.05) is 17.9 Å². The first-order valence-corrected chi connectivity index (χ1v) is 6.38. The molecule has 0 saturated carbocycles. The summed E-state index contributed by atoms with van der Waals surface area (Å²) in [5.74, 6) is 0. The zero-order valence-corrected chi connectivity index (χ0v) is 11.5. The molecule has 0 N–H and O–H groups in total. The fraction of sp³-hybridized carbons (Fsp3) is 0.500. The Morgan fingerprint density at radius 2 is 2.27 bits per heavy atom. The first-order valence-electron chi connectivity index (χ1n) is 4.79. The van der Waals surface area contributed by atoms with Crippen LogP contribution in [-0.2, 0) is 0 Å². The van der Waals surface area contributed by atoms with Gasteiger partial charge >= 0.3 is 0 Å².